The van der Waals surface area contributed by atoms with E-state index in [-0.39, 0.29) is 25.7 Å². The van der Waals surface area contributed by atoms with Crippen molar-refractivity contribution in [3.8, 4) is 0 Å². The second-order valence-electron chi connectivity index (χ2n) is 25.9. The molecule has 0 aliphatic carbocycles. The Balaban J connectivity index is 5.23. The molecule has 0 bridgehead atoms. The smallest absolute Gasteiger partial charge is 0.462 e. The Bertz CT molecular complexity index is 1720. The molecule has 0 radical (unpaired) electrons. The molecule has 88 heavy (non-hydrogen) atoms. The van der Waals surface area contributed by atoms with Crippen molar-refractivity contribution >= 4 is 39.5 Å². The fourth-order valence-electron chi connectivity index (χ4n) is 10.4. The number of carbonyl (C=O) groups excluding carboxylic acids is 4. The van der Waals surface area contributed by atoms with Gasteiger partial charge in [0.1, 0.15) is 19.3 Å². The Morgan fingerprint density at radius 3 is 0.773 bits per heavy atom. The maximum atomic E-state index is 13.0. The summed E-state index contributed by atoms with van der Waals surface area (Å²) in [7, 11) is -9.90. The first-order valence-electron chi connectivity index (χ1n) is 36.0. The van der Waals surface area contributed by atoms with Crippen LogP contribution < -0.4 is 0 Å². The molecule has 17 nitrogen and oxygen atoms in total. The number of carbonyl (C=O) groups is 4. The average Bonchev–Trinajstić information content (AvgIpc) is 3.66. The number of unbranched alkanes of at least 4 members (excludes halogenated alkanes) is 38. The van der Waals surface area contributed by atoms with Crippen LogP contribution in [0.15, 0.2) is 0 Å². The van der Waals surface area contributed by atoms with Crippen molar-refractivity contribution in [1.82, 2.24) is 0 Å². The Kier molecular flexibility index (Phi) is 59.9. The van der Waals surface area contributed by atoms with Crippen LogP contribution in [0.4, 0.5) is 0 Å². The molecule has 0 saturated heterocycles. The molecular weight excluding hydrogens is 1160 g/mol. The number of phosphoric ester groups is 2. The van der Waals surface area contributed by atoms with Crippen molar-refractivity contribution in [1.29, 1.82) is 0 Å². The molecule has 2 unspecified atom stereocenters. The number of rotatable bonds is 68. The highest BCUT2D eigenvalue weighted by Crippen LogP contribution is 2.45. The third kappa shape index (κ3) is 62.8. The Morgan fingerprint density at radius 2 is 0.523 bits per heavy atom. The minimum absolute atomic E-state index is 0.103. The number of hydrogen-bond acceptors (Lipinski definition) is 15. The molecule has 0 fully saturated rings. The van der Waals surface area contributed by atoms with Gasteiger partial charge in [-0.2, -0.15) is 0 Å². The van der Waals surface area contributed by atoms with Crippen LogP contribution in [-0.4, -0.2) is 96.7 Å². The molecular formula is C69H134O17P2. The van der Waals surface area contributed by atoms with Crippen molar-refractivity contribution in [2.45, 2.75) is 368 Å². The summed E-state index contributed by atoms with van der Waals surface area (Å²) >= 11 is 0. The van der Waals surface area contributed by atoms with Crippen LogP contribution in [0.1, 0.15) is 350 Å². The lowest BCUT2D eigenvalue weighted by molar-refractivity contribution is -0.161. The molecule has 0 spiro atoms. The molecule has 0 heterocycles. The molecule has 0 aliphatic rings. The van der Waals surface area contributed by atoms with Gasteiger partial charge in [0.05, 0.1) is 26.4 Å². The van der Waals surface area contributed by atoms with E-state index < -0.39 is 97.5 Å². The number of hydrogen-bond donors (Lipinski definition) is 3. The van der Waals surface area contributed by atoms with E-state index >= 15 is 0 Å². The van der Waals surface area contributed by atoms with Crippen molar-refractivity contribution in [3.05, 3.63) is 0 Å². The van der Waals surface area contributed by atoms with Gasteiger partial charge in [0.25, 0.3) is 0 Å². The third-order valence-corrected chi connectivity index (χ3v) is 17.9. The highest BCUT2D eigenvalue weighted by atomic mass is 31.2. The van der Waals surface area contributed by atoms with Crippen molar-refractivity contribution in [3.63, 3.8) is 0 Å². The highest BCUT2D eigenvalue weighted by Gasteiger charge is 2.30. The summed E-state index contributed by atoms with van der Waals surface area (Å²) < 4.78 is 68.2. The average molecular weight is 1300 g/mol. The molecule has 0 aliphatic heterocycles. The molecule has 0 aromatic carbocycles. The van der Waals surface area contributed by atoms with Gasteiger partial charge in [0, 0.05) is 25.7 Å². The van der Waals surface area contributed by atoms with Crippen LogP contribution in [0.5, 0.6) is 0 Å². The summed E-state index contributed by atoms with van der Waals surface area (Å²) in [4.78, 5) is 72.4. The summed E-state index contributed by atoms with van der Waals surface area (Å²) in [6, 6.07) is 0. The van der Waals surface area contributed by atoms with Gasteiger partial charge in [-0.05, 0) is 37.5 Å². The van der Waals surface area contributed by atoms with Gasteiger partial charge < -0.3 is 33.8 Å². The number of esters is 4. The number of phosphoric acid groups is 2. The van der Waals surface area contributed by atoms with Crippen LogP contribution in [0.2, 0.25) is 0 Å². The maximum Gasteiger partial charge on any atom is 0.472 e. The van der Waals surface area contributed by atoms with Crippen molar-refractivity contribution in [2.24, 2.45) is 11.8 Å². The predicted octanol–water partition coefficient (Wildman–Crippen LogP) is 19.6. The first-order chi connectivity index (χ1) is 42.4. The van der Waals surface area contributed by atoms with E-state index in [0.29, 0.717) is 31.6 Å². The quantitative estimate of drug-likeness (QED) is 0.0222. The molecule has 522 valence electrons. The Labute approximate surface area is 537 Å². The van der Waals surface area contributed by atoms with Gasteiger partial charge >= 0.3 is 39.5 Å². The van der Waals surface area contributed by atoms with Gasteiger partial charge in [-0.3, -0.25) is 37.3 Å². The summed E-state index contributed by atoms with van der Waals surface area (Å²) in [5, 5.41) is 10.6. The Morgan fingerprint density at radius 1 is 0.307 bits per heavy atom. The van der Waals surface area contributed by atoms with E-state index in [9.17, 15) is 43.2 Å². The van der Waals surface area contributed by atoms with Crippen molar-refractivity contribution < 1.29 is 80.2 Å². The van der Waals surface area contributed by atoms with Gasteiger partial charge in [0.15, 0.2) is 12.2 Å². The molecule has 0 saturated carbocycles. The first-order valence-corrected chi connectivity index (χ1v) is 39.0. The topological polar surface area (TPSA) is 237 Å². The third-order valence-electron chi connectivity index (χ3n) is 16.0. The lowest BCUT2D eigenvalue weighted by atomic mass is 10.0. The van der Waals surface area contributed by atoms with Crippen molar-refractivity contribution in [2.75, 3.05) is 39.6 Å². The summed E-state index contributed by atoms with van der Waals surface area (Å²) in [5.41, 5.74) is 0. The van der Waals surface area contributed by atoms with Gasteiger partial charge in [-0.25, -0.2) is 9.13 Å². The van der Waals surface area contributed by atoms with Gasteiger partial charge in [0.2, 0.25) is 0 Å². The lowest BCUT2D eigenvalue weighted by Crippen LogP contribution is -2.30. The van der Waals surface area contributed by atoms with Gasteiger partial charge in [-0.1, -0.05) is 298 Å². The summed E-state index contributed by atoms with van der Waals surface area (Å²) in [6.07, 6.45) is 45.8. The molecule has 0 aromatic heterocycles. The van der Waals surface area contributed by atoms with E-state index in [1.807, 2.05) is 0 Å². The maximum absolute atomic E-state index is 13.0. The normalized spacial score (nSPS) is 14.2. The first kappa shape index (κ1) is 86.1. The second-order valence-corrected chi connectivity index (χ2v) is 28.8. The zero-order valence-corrected chi connectivity index (χ0v) is 58.8. The predicted molar refractivity (Wildman–Crippen MR) is 354 cm³/mol. The summed E-state index contributed by atoms with van der Waals surface area (Å²) in [6.45, 7) is 9.47. The van der Waals surface area contributed by atoms with Crippen LogP contribution in [-0.2, 0) is 65.4 Å². The van der Waals surface area contributed by atoms with Gasteiger partial charge in [-0.15, -0.1) is 0 Å². The lowest BCUT2D eigenvalue weighted by Gasteiger charge is -2.21. The molecule has 0 aromatic rings. The van der Waals surface area contributed by atoms with Crippen LogP contribution in [0, 0.1) is 11.8 Å². The number of ether oxygens (including phenoxy) is 4. The molecule has 0 rings (SSSR count). The fraction of sp³-hybridized carbons (Fsp3) is 0.942. The minimum atomic E-state index is -4.95. The highest BCUT2D eigenvalue weighted by molar-refractivity contribution is 7.47. The van der Waals surface area contributed by atoms with Crippen LogP contribution >= 0.6 is 15.6 Å². The van der Waals surface area contributed by atoms with E-state index in [2.05, 4.69) is 41.5 Å². The van der Waals surface area contributed by atoms with E-state index in [1.54, 1.807) is 0 Å². The fourth-order valence-corrected chi connectivity index (χ4v) is 12.0. The zero-order valence-electron chi connectivity index (χ0n) is 57.0. The largest absolute Gasteiger partial charge is 0.472 e. The van der Waals surface area contributed by atoms with E-state index in [4.69, 9.17) is 37.0 Å². The number of aliphatic hydroxyl groups is 1. The van der Waals surface area contributed by atoms with E-state index in [1.165, 1.54) is 167 Å². The SMILES string of the molecule is CCCCCCCCCCCCCCCCC(=O)OC[C@H](COP(=O)(O)OC[C@@H](O)COP(=O)(O)OC[C@@H](COC(=O)CCCCCCCCCCC)OC(=O)CCCCCCCCCC(C)C)OC(=O)CCCCCCCCCCCCCCC(C)C. The van der Waals surface area contributed by atoms with Crippen LogP contribution in [0.25, 0.3) is 0 Å². The van der Waals surface area contributed by atoms with E-state index in [0.717, 1.165) is 95.8 Å². The number of aliphatic hydroxyl groups excluding tert-OH is 1. The van der Waals surface area contributed by atoms with Crippen LogP contribution in [0.3, 0.4) is 0 Å². The minimum Gasteiger partial charge on any atom is -0.462 e. The molecule has 5 atom stereocenters. The monoisotopic (exact) mass is 1300 g/mol. The summed E-state index contributed by atoms with van der Waals surface area (Å²) in [5.74, 6) is -0.655. The standard InChI is InChI=1S/C69H134O17P2/c1-7-9-11-13-15-17-18-19-20-24-28-34-40-46-52-67(72)80-57-64(85-68(73)53-47-41-35-29-25-22-21-23-27-31-37-43-49-61(3)4)59-83-87(75,76)81-55-63(70)56-82-88(77,78)84-60-65(58-79-66(71)51-45-39-33-26-16-14-12-10-8-2)86-69(74)54-48-42-36-30-32-38-44-50-62(5)6/h61-65,70H,7-60H2,1-6H3,(H,75,76)(H,77,78)/t63-,64-,65-/m1/s1. The molecule has 3 N–H and O–H groups in total. The molecule has 19 heteroatoms. The molecule has 0 amide bonds. The Hall–Kier alpha value is -1.94. The zero-order chi connectivity index (χ0) is 65.0. The second kappa shape index (κ2) is 61.3.